The predicted octanol–water partition coefficient (Wildman–Crippen LogP) is 1.66. The lowest BCUT2D eigenvalue weighted by atomic mass is 10.2. The Morgan fingerprint density at radius 2 is 2.25 bits per heavy atom. The van der Waals surface area contributed by atoms with Crippen LogP contribution in [0, 0.1) is 12.8 Å². The molecule has 16 heavy (non-hydrogen) atoms. The molecule has 0 aromatic carbocycles. The molecule has 0 bridgehead atoms. The highest BCUT2D eigenvalue weighted by Gasteiger charge is 2.04. The van der Waals surface area contributed by atoms with E-state index in [-0.39, 0.29) is 0 Å². The van der Waals surface area contributed by atoms with Crippen molar-refractivity contribution in [1.29, 1.82) is 0 Å². The molecule has 1 rings (SSSR count). The van der Waals surface area contributed by atoms with Crippen LogP contribution in [0.2, 0.25) is 0 Å². The number of nitrogens with zero attached hydrogens (tertiary/aromatic N) is 2. The minimum Gasteiger partial charge on any atom is -0.360 e. The standard InChI is InChI=1S/C12H23N3O/c1-10(2)8-13-5-6-15(4)9-12-7-11(3)14-16-12/h7,10,13H,5-6,8-9H2,1-4H3. The van der Waals surface area contributed by atoms with Crippen LogP contribution in [0.3, 0.4) is 0 Å². The Morgan fingerprint density at radius 3 is 2.81 bits per heavy atom. The summed E-state index contributed by atoms with van der Waals surface area (Å²) in [6.45, 7) is 10.3. The van der Waals surface area contributed by atoms with Gasteiger partial charge in [0.25, 0.3) is 0 Å². The smallest absolute Gasteiger partial charge is 0.150 e. The van der Waals surface area contributed by atoms with E-state index in [1.165, 1.54) is 0 Å². The number of nitrogens with one attached hydrogen (secondary N) is 1. The highest BCUT2D eigenvalue weighted by atomic mass is 16.5. The third kappa shape index (κ3) is 5.28. The van der Waals surface area contributed by atoms with Crippen LogP contribution in [0.15, 0.2) is 10.6 Å². The molecule has 1 heterocycles. The second kappa shape index (κ2) is 6.66. The molecule has 0 fully saturated rings. The van der Waals surface area contributed by atoms with Crippen LogP contribution in [0.4, 0.5) is 0 Å². The van der Waals surface area contributed by atoms with Crippen molar-refractivity contribution in [2.75, 3.05) is 26.7 Å². The summed E-state index contributed by atoms with van der Waals surface area (Å²) in [5.41, 5.74) is 0.946. The molecule has 0 unspecified atom stereocenters. The minimum atomic E-state index is 0.710. The van der Waals surface area contributed by atoms with Gasteiger partial charge < -0.3 is 9.84 Å². The molecule has 1 aromatic heterocycles. The molecule has 4 heteroatoms. The first-order chi connectivity index (χ1) is 7.58. The van der Waals surface area contributed by atoms with E-state index in [9.17, 15) is 0 Å². The molecule has 92 valence electrons. The van der Waals surface area contributed by atoms with E-state index in [0.717, 1.165) is 37.6 Å². The number of aromatic nitrogens is 1. The fourth-order valence-electron chi connectivity index (χ4n) is 1.50. The lowest BCUT2D eigenvalue weighted by molar-refractivity contribution is 0.270. The fourth-order valence-corrected chi connectivity index (χ4v) is 1.50. The first-order valence-electron chi connectivity index (χ1n) is 5.89. The Balaban J connectivity index is 2.13. The molecule has 1 aromatic rings. The molecular formula is C12H23N3O. The van der Waals surface area contributed by atoms with Gasteiger partial charge >= 0.3 is 0 Å². The van der Waals surface area contributed by atoms with Gasteiger partial charge in [0.1, 0.15) is 0 Å². The third-order valence-corrected chi connectivity index (χ3v) is 2.33. The Morgan fingerprint density at radius 1 is 1.50 bits per heavy atom. The molecule has 0 saturated carbocycles. The topological polar surface area (TPSA) is 41.3 Å². The minimum absolute atomic E-state index is 0.710. The summed E-state index contributed by atoms with van der Waals surface area (Å²) in [5, 5.41) is 7.29. The van der Waals surface area contributed by atoms with E-state index >= 15 is 0 Å². The van der Waals surface area contributed by atoms with Gasteiger partial charge in [0.2, 0.25) is 0 Å². The highest BCUT2D eigenvalue weighted by molar-refractivity contribution is 5.02. The van der Waals surface area contributed by atoms with Gasteiger partial charge in [0, 0.05) is 19.2 Å². The van der Waals surface area contributed by atoms with Gasteiger partial charge in [0.05, 0.1) is 12.2 Å². The van der Waals surface area contributed by atoms with Crippen LogP contribution >= 0.6 is 0 Å². The van der Waals surface area contributed by atoms with Crippen LogP contribution in [0.25, 0.3) is 0 Å². The maximum atomic E-state index is 5.17. The van der Waals surface area contributed by atoms with Crippen molar-refractivity contribution < 1.29 is 4.52 Å². The first-order valence-corrected chi connectivity index (χ1v) is 5.89. The fraction of sp³-hybridized carbons (Fsp3) is 0.750. The van der Waals surface area contributed by atoms with Crippen molar-refractivity contribution in [3.63, 3.8) is 0 Å². The Labute approximate surface area is 98.0 Å². The van der Waals surface area contributed by atoms with Crippen molar-refractivity contribution in [2.45, 2.75) is 27.3 Å². The van der Waals surface area contributed by atoms with E-state index in [4.69, 9.17) is 4.52 Å². The van der Waals surface area contributed by atoms with Gasteiger partial charge in [-0.3, -0.25) is 4.90 Å². The maximum absolute atomic E-state index is 5.17. The van der Waals surface area contributed by atoms with Crippen LogP contribution in [0.5, 0.6) is 0 Å². The van der Waals surface area contributed by atoms with E-state index in [0.29, 0.717) is 5.92 Å². The summed E-state index contributed by atoms with van der Waals surface area (Å²) in [6.07, 6.45) is 0. The van der Waals surface area contributed by atoms with Gasteiger partial charge in [-0.2, -0.15) is 0 Å². The van der Waals surface area contributed by atoms with E-state index in [1.807, 2.05) is 13.0 Å². The molecule has 0 spiro atoms. The van der Waals surface area contributed by atoms with Gasteiger partial charge in [-0.1, -0.05) is 19.0 Å². The number of rotatable bonds is 7. The first kappa shape index (κ1) is 13.2. The van der Waals surface area contributed by atoms with Crippen LogP contribution in [-0.2, 0) is 6.54 Å². The zero-order valence-electron chi connectivity index (χ0n) is 10.8. The van der Waals surface area contributed by atoms with Gasteiger partial charge in [-0.25, -0.2) is 0 Å². The van der Waals surface area contributed by atoms with Crippen molar-refractivity contribution in [2.24, 2.45) is 5.92 Å². The molecule has 0 saturated heterocycles. The molecule has 0 radical (unpaired) electrons. The number of aryl methyl sites for hydroxylation is 1. The zero-order valence-corrected chi connectivity index (χ0v) is 10.8. The molecule has 1 N–H and O–H groups in total. The summed E-state index contributed by atoms with van der Waals surface area (Å²) in [5.74, 6) is 1.64. The summed E-state index contributed by atoms with van der Waals surface area (Å²) < 4.78 is 5.17. The number of likely N-dealkylation sites (N-methyl/N-ethyl adjacent to an activating group) is 1. The normalized spacial score (nSPS) is 11.6. The van der Waals surface area contributed by atoms with Crippen molar-refractivity contribution >= 4 is 0 Å². The lowest BCUT2D eigenvalue weighted by Gasteiger charge is -2.15. The van der Waals surface area contributed by atoms with Gasteiger partial charge in [-0.05, 0) is 26.4 Å². The summed E-state index contributed by atoms with van der Waals surface area (Å²) in [6, 6.07) is 1.98. The molecular weight excluding hydrogens is 202 g/mol. The SMILES string of the molecule is Cc1cc(CN(C)CCNCC(C)C)on1. The van der Waals surface area contributed by atoms with Gasteiger partial charge in [-0.15, -0.1) is 0 Å². The number of hydrogen-bond donors (Lipinski definition) is 1. The monoisotopic (exact) mass is 225 g/mol. The summed E-state index contributed by atoms with van der Waals surface area (Å²) >= 11 is 0. The zero-order chi connectivity index (χ0) is 12.0. The second-order valence-electron chi connectivity index (χ2n) is 4.77. The lowest BCUT2D eigenvalue weighted by Crippen LogP contribution is -2.30. The third-order valence-electron chi connectivity index (χ3n) is 2.33. The average Bonchev–Trinajstić information content (AvgIpc) is 2.58. The Bertz CT molecular complexity index is 296. The molecule has 0 atom stereocenters. The van der Waals surface area contributed by atoms with Crippen LogP contribution in [-0.4, -0.2) is 36.7 Å². The predicted molar refractivity (Wildman–Crippen MR) is 65.3 cm³/mol. The molecule has 0 aliphatic rings. The van der Waals surface area contributed by atoms with Crippen molar-refractivity contribution in [3.05, 3.63) is 17.5 Å². The molecule has 0 aliphatic carbocycles. The quantitative estimate of drug-likeness (QED) is 0.717. The van der Waals surface area contributed by atoms with Crippen LogP contribution < -0.4 is 5.32 Å². The molecule has 0 amide bonds. The van der Waals surface area contributed by atoms with E-state index in [2.05, 4.69) is 36.3 Å². The Hall–Kier alpha value is -0.870. The largest absolute Gasteiger partial charge is 0.360 e. The maximum Gasteiger partial charge on any atom is 0.150 e. The summed E-state index contributed by atoms with van der Waals surface area (Å²) in [4.78, 5) is 2.23. The van der Waals surface area contributed by atoms with E-state index in [1.54, 1.807) is 0 Å². The van der Waals surface area contributed by atoms with Crippen molar-refractivity contribution in [3.8, 4) is 0 Å². The van der Waals surface area contributed by atoms with Crippen LogP contribution in [0.1, 0.15) is 25.3 Å². The number of hydrogen-bond acceptors (Lipinski definition) is 4. The molecule has 4 nitrogen and oxygen atoms in total. The van der Waals surface area contributed by atoms with Crippen molar-refractivity contribution in [1.82, 2.24) is 15.4 Å². The average molecular weight is 225 g/mol. The second-order valence-corrected chi connectivity index (χ2v) is 4.77. The highest BCUT2D eigenvalue weighted by Crippen LogP contribution is 2.04. The summed E-state index contributed by atoms with van der Waals surface area (Å²) in [7, 11) is 2.09. The van der Waals surface area contributed by atoms with E-state index < -0.39 is 0 Å². The van der Waals surface area contributed by atoms with Gasteiger partial charge in [0.15, 0.2) is 5.76 Å². The Kier molecular flexibility index (Phi) is 5.49. The molecule has 0 aliphatic heterocycles.